The first kappa shape index (κ1) is 7.15. The molecule has 2 nitrogen and oxygen atoms in total. The summed E-state index contributed by atoms with van der Waals surface area (Å²) in [5, 5.41) is 0. The van der Waals surface area contributed by atoms with Crippen LogP contribution in [-0.4, -0.2) is 18.1 Å². The van der Waals surface area contributed by atoms with Crippen LogP contribution in [0.5, 0.6) is 0 Å². The highest BCUT2D eigenvalue weighted by molar-refractivity contribution is 5.56. The van der Waals surface area contributed by atoms with Gasteiger partial charge in [-0.05, 0) is 11.6 Å². The van der Waals surface area contributed by atoms with Crippen LogP contribution in [0.3, 0.4) is 0 Å². The molecule has 13 heavy (non-hydrogen) atoms. The molecular formula is C11H11NO. The number of nitrogens with zero attached hydrogens (tertiary/aromatic N) is 1. The fourth-order valence-corrected chi connectivity index (χ4v) is 1.97. The highest BCUT2D eigenvalue weighted by atomic mass is 16.5. The van der Waals surface area contributed by atoms with Gasteiger partial charge in [-0.1, -0.05) is 24.3 Å². The monoisotopic (exact) mass is 173 g/mol. The first-order valence-electron chi connectivity index (χ1n) is 4.60. The molecule has 1 aromatic carbocycles. The van der Waals surface area contributed by atoms with Gasteiger partial charge in [0.15, 0.2) is 6.23 Å². The van der Waals surface area contributed by atoms with E-state index in [9.17, 15) is 0 Å². The average Bonchev–Trinajstić information content (AvgIpc) is 2.65. The molecule has 0 N–H and O–H groups in total. The summed E-state index contributed by atoms with van der Waals surface area (Å²) in [5.41, 5.74) is 2.58. The predicted molar refractivity (Wildman–Crippen MR) is 50.9 cm³/mol. The number of ether oxygens (including phenoxy) is 1. The largest absolute Gasteiger partial charge is 0.352 e. The lowest BCUT2D eigenvalue weighted by atomic mass is 10.0. The second kappa shape index (κ2) is 2.60. The van der Waals surface area contributed by atoms with Gasteiger partial charge in [0.2, 0.25) is 0 Å². The Morgan fingerprint density at radius 2 is 2.23 bits per heavy atom. The Kier molecular flexibility index (Phi) is 1.43. The summed E-state index contributed by atoms with van der Waals surface area (Å²) in [6.45, 7) is 1.85. The normalized spacial score (nSPS) is 24.3. The van der Waals surface area contributed by atoms with E-state index in [-0.39, 0.29) is 6.23 Å². The van der Waals surface area contributed by atoms with Gasteiger partial charge in [-0.25, -0.2) is 0 Å². The SMILES string of the molecule is C1=CN2CCOC2c2ccccc21. The molecule has 0 amide bonds. The van der Waals surface area contributed by atoms with E-state index in [0.717, 1.165) is 13.2 Å². The molecule has 2 aliphatic heterocycles. The van der Waals surface area contributed by atoms with Crippen LogP contribution < -0.4 is 0 Å². The van der Waals surface area contributed by atoms with Crippen molar-refractivity contribution in [2.45, 2.75) is 6.23 Å². The minimum Gasteiger partial charge on any atom is -0.352 e. The summed E-state index contributed by atoms with van der Waals surface area (Å²) < 4.78 is 5.66. The number of hydrogen-bond acceptors (Lipinski definition) is 2. The summed E-state index contributed by atoms with van der Waals surface area (Å²) in [4.78, 5) is 2.24. The van der Waals surface area contributed by atoms with E-state index in [4.69, 9.17) is 4.74 Å². The van der Waals surface area contributed by atoms with Crippen LogP contribution in [0.15, 0.2) is 30.5 Å². The molecule has 0 aromatic heterocycles. The van der Waals surface area contributed by atoms with Crippen LogP contribution in [0.2, 0.25) is 0 Å². The van der Waals surface area contributed by atoms with Crippen molar-refractivity contribution >= 4 is 6.08 Å². The summed E-state index contributed by atoms with van der Waals surface area (Å²) in [6.07, 6.45) is 4.45. The van der Waals surface area contributed by atoms with E-state index in [2.05, 4.69) is 41.4 Å². The standard InChI is InChI=1S/C11H11NO/c1-2-4-10-9(3-1)5-6-12-7-8-13-11(10)12/h1-6,11H,7-8H2. The highest BCUT2D eigenvalue weighted by Gasteiger charge is 2.27. The Morgan fingerprint density at radius 1 is 1.31 bits per heavy atom. The minimum absolute atomic E-state index is 0.168. The van der Waals surface area contributed by atoms with Crippen molar-refractivity contribution in [3.05, 3.63) is 41.6 Å². The quantitative estimate of drug-likeness (QED) is 0.595. The fraction of sp³-hybridized carbons (Fsp3) is 0.273. The lowest BCUT2D eigenvalue weighted by molar-refractivity contribution is 0.0532. The highest BCUT2D eigenvalue weighted by Crippen LogP contribution is 2.33. The second-order valence-corrected chi connectivity index (χ2v) is 3.41. The maximum atomic E-state index is 5.66. The Hall–Kier alpha value is -1.28. The van der Waals surface area contributed by atoms with Crippen molar-refractivity contribution in [3.8, 4) is 0 Å². The molecule has 2 aliphatic rings. The van der Waals surface area contributed by atoms with E-state index < -0.39 is 0 Å². The summed E-state index contributed by atoms with van der Waals surface area (Å²) in [7, 11) is 0. The van der Waals surface area contributed by atoms with Gasteiger partial charge in [0.1, 0.15) is 0 Å². The van der Waals surface area contributed by atoms with Crippen molar-refractivity contribution in [2.24, 2.45) is 0 Å². The summed E-state index contributed by atoms with van der Waals surface area (Å²) >= 11 is 0. The fourth-order valence-electron chi connectivity index (χ4n) is 1.97. The van der Waals surface area contributed by atoms with Crippen LogP contribution in [0.1, 0.15) is 17.4 Å². The Labute approximate surface area is 77.4 Å². The van der Waals surface area contributed by atoms with Crippen LogP contribution in [-0.2, 0) is 4.74 Å². The third kappa shape index (κ3) is 0.988. The van der Waals surface area contributed by atoms with E-state index in [1.165, 1.54) is 11.1 Å². The first-order chi connectivity index (χ1) is 6.45. The van der Waals surface area contributed by atoms with Gasteiger partial charge < -0.3 is 9.64 Å². The van der Waals surface area contributed by atoms with Gasteiger partial charge in [0.05, 0.1) is 6.61 Å². The third-order valence-electron chi connectivity index (χ3n) is 2.63. The van der Waals surface area contributed by atoms with Crippen molar-refractivity contribution in [2.75, 3.05) is 13.2 Å². The molecule has 1 unspecified atom stereocenters. The smallest absolute Gasteiger partial charge is 0.156 e. The zero-order chi connectivity index (χ0) is 8.67. The zero-order valence-electron chi connectivity index (χ0n) is 7.31. The second-order valence-electron chi connectivity index (χ2n) is 3.41. The number of fused-ring (bicyclic) bond motifs is 3. The Balaban J connectivity index is 2.13. The topological polar surface area (TPSA) is 12.5 Å². The van der Waals surface area contributed by atoms with E-state index >= 15 is 0 Å². The molecule has 1 saturated heterocycles. The van der Waals surface area contributed by atoms with Gasteiger partial charge in [0.25, 0.3) is 0 Å². The van der Waals surface area contributed by atoms with Crippen molar-refractivity contribution < 1.29 is 4.74 Å². The molecule has 0 saturated carbocycles. The summed E-state index contributed by atoms with van der Waals surface area (Å²) in [6, 6.07) is 8.40. The molecule has 1 aromatic rings. The number of hydrogen-bond donors (Lipinski definition) is 0. The van der Waals surface area contributed by atoms with E-state index in [1.807, 2.05) is 0 Å². The van der Waals surface area contributed by atoms with Gasteiger partial charge in [-0.15, -0.1) is 0 Å². The van der Waals surface area contributed by atoms with E-state index in [0.29, 0.717) is 0 Å². The van der Waals surface area contributed by atoms with Crippen molar-refractivity contribution in [3.63, 3.8) is 0 Å². The number of rotatable bonds is 0. The lowest BCUT2D eigenvalue weighted by Crippen LogP contribution is -2.20. The molecule has 2 heteroatoms. The average molecular weight is 173 g/mol. The molecular weight excluding hydrogens is 162 g/mol. The molecule has 0 spiro atoms. The molecule has 0 radical (unpaired) electrons. The van der Waals surface area contributed by atoms with Gasteiger partial charge >= 0.3 is 0 Å². The van der Waals surface area contributed by atoms with Gasteiger partial charge in [-0.3, -0.25) is 0 Å². The van der Waals surface area contributed by atoms with Crippen LogP contribution in [0.4, 0.5) is 0 Å². The molecule has 0 bridgehead atoms. The molecule has 66 valence electrons. The third-order valence-corrected chi connectivity index (χ3v) is 2.63. The van der Waals surface area contributed by atoms with Gasteiger partial charge in [-0.2, -0.15) is 0 Å². The van der Waals surface area contributed by atoms with Crippen molar-refractivity contribution in [1.29, 1.82) is 0 Å². The predicted octanol–water partition coefficient (Wildman–Crippen LogP) is 2.00. The maximum Gasteiger partial charge on any atom is 0.156 e. The molecule has 0 aliphatic carbocycles. The molecule has 3 rings (SSSR count). The Bertz CT molecular complexity index is 359. The summed E-state index contributed by atoms with van der Waals surface area (Å²) in [5.74, 6) is 0. The number of benzene rings is 1. The lowest BCUT2D eigenvalue weighted by Gasteiger charge is -2.26. The molecule has 2 heterocycles. The van der Waals surface area contributed by atoms with Crippen LogP contribution in [0, 0.1) is 0 Å². The first-order valence-corrected chi connectivity index (χ1v) is 4.60. The zero-order valence-corrected chi connectivity index (χ0v) is 7.31. The van der Waals surface area contributed by atoms with Crippen LogP contribution in [0.25, 0.3) is 6.08 Å². The molecule has 1 atom stereocenters. The van der Waals surface area contributed by atoms with Gasteiger partial charge in [0, 0.05) is 18.3 Å². The Morgan fingerprint density at radius 3 is 3.23 bits per heavy atom. The van der Waals surface area contributed by atoms with Crippen LogP contribution >= 0.6 is 0 Å². The van der Waals surface area contributed by atoms with E-state index in [1.54, 1.807) is 0 Å². The maximum absolute atomic E-state index is 5.66. The van der Waals surface area contributed by atoms with Crippen molar-refractivity contribution in [1.82, 2.24) is 4.90 Å². The molecule has 1 fully saturated rings. The minimum atomic E-state index is 0.168.